The SMILES string of the molecule is O=S1(=O)CCC(C(CNC2CC2)c2cccc(F)c2)C1. The van der Waals surface area contributed by atoms with Crippen LogP contribution in [0, 0.1) is 11.7 Å². The molecule has 2 aliphatic rings. The van der Waals surface area contributed by atoms with Gasteiger partial charge in [-0.25, -0.2) is 12.8 Å². The van der Waals surface area contributed by atoms with E-state index in [2.05, 4.69) is 5.32 Å². The molecule has 0 bridgehead atoms. The molecule has 5 heteroatoms. The molecule has 1 saturated carbocycles. The fraction of sp³-hybridized carbons (Fsp3) is 0.600. The molecule has 0 aromatic heterocycles. The molecule has 0 radical (unpaired) electrons. The molecule has 1 saturated heterocycles. The Morgan fingerprint density at radius 1 is 1.30 bits per heavy atom. The van der Waals surface area contributed by atoms with Crippen molar-refractivity contribution in [1.82, 2.24) is 5.32 Å². The Hall–Kier alpha value is -0.940. The molecule has 1 aromatic carbocycles. The van der Waals surface area contributed by atoms with Crippen LogP contribution in [0.4, 0.5) is 4.39 Å². The van der Waals surface area contributed by atoms with Crippen LogP contribution in [0.2, 0.25) is 0 Å². The third-order valence-corrected chi connectivity index (χ3v) is 6.11. The van der Waals surface area contributed by atoms with Crippen molar-refractivity contribution < 1.29 is 12.8 Å². The highest BCUT2D eigenvalue weighted by Crippen LogP contribution is 2.34. The monoisotopic (exact) mass is 297 g/mol. The predicted octanol–water partition coefficient (Wildman–Crippen LogP) is 2.10. The summed E-state index contributed by atoms with van der Waals surface area (Å²) in [7, 11) is -2.90. The molecule has 2 atom stereocenters. The van der Waals surface area contributed by atoms with Gasteiger partial charge in [0.25, 0.3) is 0 Å². The number of rotatable bonds is 5. The van der Waals surface area contributed by atoms with Gasteiger partial charge in [-0.05, 0) is 42.9 Å². The van der Waals surface area contributed by atoms with Crippen molar-refractivity contribution in [3.8, 4) is 0 Å². The van der Waals surface area contributed by atoms with Gasteiger partial charge in [0.2, 0.25) is 0 Å². The fourth-order valence-electron chi connectivity index (χ4n) is 3.02. The molecule has 110 valence electrons. The first-order chi connectivity index (χ1) is 9.53. The molecule has 1 heterocycles. The normalized spacial score (nSPS) is 26.6. The van der Waals surface area contributed by atoms with E-state index in [1.165, 1.54) is 18.9 Å². The van der Waals surface area contributed by atoms with Crippen molar-refractivity contribution in [1.29, 1.82) is 0 Å². The molecule has 1 aromatic rings. The van der Waals surface area contributed by atoms with E-state index in [1.807, 2.05) is 6.07 Å². The van der Waals surface area contributed by atoms with E-state index in [4.69, 9.17) is 0 Å². The van der Waals surface area contributed by atoms with E-state index in [0.29, 0.717) is 12.5 Å². The lowest BCUT2D eigenvalue weighted by molar-refractivity contribution is 0.435. The largest absolute Gasteiger partial charge is 0.313 e. The molecule has 3 rings (SSSR count). The van der Waals surface area contributed by atoms with Gasteiger partial charge in [-0.3, -0.25) is 0 Å². The molecular formula is C15H20FNO2S. The second kappa shape index (κ2) is 5.45. The Morgan fingerprint density at radius 3 is 2.70 bits per heavy atom. The van der Waals surface area contributed by atoms with Gasteiger partial charge >= 0.3 is 0 Å². The van der Waals surface area contributed by atoms with E-state index >= 15 is 0 Å². The Bertz CT molecular complexity index is 583. The van der Waals surface area contributed by atoms with Crippen molar-refractivity contribution in [3.63, 3.8) is 0 Å². The molecule has 2 fully saturated rings. The molecule has 2 unspecified atom stereocenters. The summed E-state index contributed by atoms with van der Waals surface area (Å²) < 4.78 is 36.8. The summed E-state index contributed by atoms with van der Waals surface area (Å²) in [5, 5.41) is 3.46. The topological polar surface area (TPSA) is 46.2 Å². The lowest BCUT2D eigenvalue weighted by atomic mass is 9.85. The van der Waals surface area contributed by atoms with Gasteiger partial charge in [0, 0.05) is 18.5 Å². The minimum Gasteiger partial charge on any atom is -0.313 e. The molecule has 20 heavy (non-hydrogen) atoms. The van der Waals surface area contributed by atoms with Crippen LogP contribution >= 0.6 is 0 Å². The summed E-state index contributed by atoms with van der Waals surface area (Å²) in [6.45, 7) is 0.744. The van der Waals surface area contributed by atoms with Gasteiger partial charge in [-0.2, -0.15) is 0 Å². The van der Waals surface area contributed by atoms with Crippen LogP contribution in [0.25, 0.3) is 0 Å². The number of benzene rings is 1. The molecule has 1 N–H and O–H groups in total. The molecule has 1 aliphatic carbocycles. The molecule has 0 spiro atoms. The van der Waals surface area contributed by atoms with Gasteiger partial charge in [0.15, 0.2) is 9.84 Å². The Morgan fingerprint density at radius 2 is 2.10 bits per heavy atom. The summed E-state index contributed by atoms with van der Waals surface area (Å²) in [5.41, 5.74) is 0.917. The van der Waals surface area contributed by atoms with E-state index in [0.717, 1.165) is 12.1 Å². The summed E-state index contributed by atoms with van der Waals surface area (Å²) >= 11 is 0. The molecule has 3 nitrogen and oxygen atoms in total. The zero-order chi connectivity index (χ0) is 14.2. The van der Waals surface area contributed by atoms with Crippen molar-refractivity contribution in [3.05, 3.63) is 35.6 Å². The fourth-order valence-corrected chi connectivity index (χ4v) is 4.90. The quantitative estimate of drug-likeness (QED) is 0.905. The Labute approximate surface area is 119 Å². The van der Waals surface area contributed by atoms with Crippen molar-refractivity contribution in [2.75, 3.05) is 18.1 Å². The number of hydrogen-bond donors (Lipinski definition) is 1. The van der Waals surface area contributed by atoms with Crippen LogP contribution in [0.5, 0.6) is 0 Å². The molecular weight excluding hydrogens is 277 g/mol. The van der Waals surface area contributed by atoms with Gasteiger partial charge < -0.3 is 5.32 Å². The average molecular weight is 297 g/mol. The standard InChI is InChI=1S/C15H20FNO2S/c16-13-3-1-2-11(8-13)15(9-17-14-4-5-14)12-6-7-20(18,19)10-12/h1-3,8,12,14-15,17H,4-7,9-10H2. The lowest BCUT2D eigenvalue weighted by Crippen LogP contribution is -2.29. The predicted molar refractivity (Wildman–Crippen MR) is 76.9 cm³/mol. The number of halogens is 1. The first-order valence-electron chi connectivity index (χ1n) is 7.23. The number of sulfone groups is 1. The second-order valence-electron chi connectivity index (χ2n) is 6.01. The van der Waals surface area contributed by atoms with Crippen LogP contribution in [0.1, 0.15) is 30.7 Å². The van der Waals surface area contributed by atoms with Gasteiger partial charge in [-0.15, -0.1) is 0 Å². The number of nitrogens with one attached hydrogen (secondary N) is 1. The number of hydrogen-bond acceptors (Lipinski definition) is 3. The summed E-state index contributed by atoms with van der Waals surface area (Å²) in [6.07, 6.45) is 3.08. The van der Waals surface area contributed by atoms with Crippen LogP contribution in [-0.2, 0) is 9.84 Å². The Balaban J connectivity index is 1.79. The van der Waals surface area contributed by atoms with E-state index in [1.54, 1.807) is 12.1 Å². The van der Waals surface area contributed by atoms with Crippen LogP contribution < -0.4 is 5.32 Å². The van der Waals surface area contributed by atoms with Crippen molar-refractivity contribution >= 4 is 9.84 Å². The summed E-state index contributed by atoms with van der Waals surface area (Å²) in [5.74, 6) is 0.448. The lowest BCUT2D eigenvalue weighted by Gasteiger charge is -2.23. The first kappa shape index (κ1) is 14.0. The highest BCUT2D eigenvalue weighted by atomic mass is 32.2. The highest BCUT2D eigenvalue weighted by Gasteiger charge is 2.35. The highest BCUT2D eigenvalue weighted by molar-refractivity contribution is 7.91. The third kappa shape index (κ3) is 3.38. The summed E-state index contributed by atoms with van der Waals surface area (Å²) in [6, 6.07) is 7.17. The van der Waals surface area contributed by atoms with Gasteiger partial charge in [-0.1, -0.05) is 12.1 Å². The second-order valence-corrected chi connectivity index (χ2v) is 8.24. The third-order valence-electron chi connectivity index (χ3n) is 4.32. The Kier molecular flexibility index (Phi) is 3.82. The maximum Gasteiger partial charge on any atom is 0.150 e. The minimum atomic E-state index is -2.90. The minimum absolute atomic E-state index is 0.0866. The summed E-state index contributed by atoms with van der Waals surface area (Å²) in [4.78, 5) is 0. The van der Waals surface area contributed by atoms with E-state index < -0.39 is 9.84 Å². The smallest absolute Gasteiger partial charge is 0.150 e. The maximum absolute atomic E-state index is 13.4. The first-order valence-corrected chi connectivity index (χ1v) is 9.05. The van der Waals surface area contributed by atoms with Crippen LogP contribution in [0.15, 0.2) is 24.3 Å². The van der Waals surface area contributed by atoms with Crippen molar-refractivity contribution in [2.45, 2.75) is 31.2 Å². The zero-order valence-electron chi connectivity index (χ0n) is 11.4. The van der Waals surface area contributed by atoms with Gasteiger partial charge in [0.1, 0.15) is 5.82 Å². The molecule has 0 amide bonds. The van der Waals surface area contributed by atoms with Crippen LogP contribution in [-0.4, -0.2) is 32.5 Å². The molecule has 1 aliphatic heterocycles. The zero-order valence-corrected chi connectivity index (χ0v) is 12.2. The van der Waals surface area contributed by atoms with E-state index in [-0.39, 0.29) is 29.2 Å². The average Bonchev–Trinajstić information content (AvgIpc) is 3.14. The van der Waals surface area contributed by atoms with Crippen LogP contribution in [0.3, 0.4) is 0 Å². The van der Waals surface area contributed by atoms with Gasteiger partial charge in [0.05, 0.1) is 11.5 Å². The maximum atomic E-state index is 13.4. The van der Waals surface area contributed by atoms with Crippen molar-refractivity contribution in [2.24, 2.45) is 5.92 Å². The van der Waals surface area contributed by atoms with E-state index in [9.17, 15) is 12.8 Å².